The molecule has 2 heterocycles. The van der Waals surface area contributed by atoms with Gasteiger partial charge >= 0.3 is 6.03 Å². The number of para-hydroxylation sites is 1. The zero-order valence-corrected chi connectivity index (χ0v) is 17.7. The van der Waals surface area contributed by atoms with Gasteiger partial charge in [0.25, 0.3) is 0 Å². The molecule has 1 atom stereocenters. The largest absolute Gasteiger partial charge is 0.487 e. The standard InChI is InChI=1S/C23H33N3O3/c1-25(2)21(27)15-17-16-23(29-20-10-6-5-9-19(17)20)11-13-26(14-12-23)22(28)24-18-7-3-4-8-18/h5-6,9-10,17-18H,3-4,7-8,11-16H2,1-2H3,(H,24,28)/t17-/m0/s1. The Morgan fingerprint density at radius 1 is 1.17 bits per heavy atom. The van der Waals surface area contributed by atoms with Gasteiger partial charge < -0.3 is 19.9 Å². The molecule has 1 saturated heterocycles. The van der Waals surface area contributed by atoms with Crippen LogP contribution < -0.4 is 10.1 Å². The summed E-state index contributed by atoms with van der Waals surface area (Å²) in [5, 5.41) is 3.20. The van der Waals surface area contributed by atoms with Crippen molar-refractivity contribution in [2.45, 2.75) is 68.9 Å². The van der Waals surface area contributed by atoms with Crippen LogP contribution in [0.15, 0.2) is 24.3 Å². The highest BCUT2D eigenvalue weighted by Gasteiger charge is 2.44. The van der Waals surface area contributed by atoms with E-state index in [2.05, 4.69) is 11.4 Å². The zero-order valence-electron chi connectivity index (χ0n) is 17.7. The van der Waals surface area contributed by atoms with Crippen LogP contribution in [0.5, 0.6) is 5.75 Å². The molecule has 0 radical (unpaired) electrons. The quantitative estimate of drug-likeness (QED) is 0.846. The molecule has 2 aliphatic heterocycles. The van der Waals surface area contributed by atoms with Gasteiger partial charge in [-0.3, -0.25) is 4.79 Å². The number of urea groups is 1. The van der Waals surface area contributed by atoms with Gasteiger partial charge in [0.2, 0.25) is 5.91 Å². The summed E-state index contributed by atoms with van der Waals surface area (Å²) >= 11 is 0. The fourth-order valence-electron chi connectivity index (χ4n) is 5.08. The third kappa shape index (κ3) is 4.36. The summed E-state index contributed by atoms with van der Waals surface area (Å²) in [6, 6.07) is 8.53. The van der Waals surface area contributed by atoms with E-state index in [-0.39, 0.29) is 23.5 Å². The zero-order chi connectivity index (χ0) is 20.4. The lowest BCUT2D eigenvalue weighted by atomic mass is 9.76. The normalized spacial score (nSPS) is 23.4. The molecule has 1 aromatic carbocycles. The molecule has 0 aromatic heterocycles. The fourth-order valence-corrected chi connectivity index (χ4v) is 5.08. The molecule has 0 unspecified atom stereocenters. The summed E-state index contributed by atoms with van der Waals surface area (Å²) in [5.41, 5.74) is 0.852. The van der Waals surface area contributed by atoms with Crippen LogP contribution in [0.3, 0.4) is 0 Å². The Kier molecular flexibility index (Phi) is 5.70. The van der Waals surface area contributed by atoms with Crippen molar-refractivity contribution < 1.29 is 14.3 Å². The highest BCUT2D eigenvalue weighted by molar-refractivity contribution is 5.77. The highest BCUT2D eigenvalue weighted by Crippen LogP contribution is 2.46. The first-order valence-corrected chi connectivity index (χ1v) is 11.0. The number of carbonyl (C=O) groups excluding carboxylic acids is 2. The van der Waals surface area contributed by atoms with Crippen molar-refractivity contribution in [1.82, 2.24) is 15.1 Å². The van der Waals surface area contributed by atoms with Crippen molar-refractivity contribution in [1.29, 1.82) is 0 Å². The molecule has 1 spiro atoms. The van der Waals surface area contributed by atoms with Crippen LogP contribution in [0.4, 0.5) is 4.79 Å². The number of nitrogens with zero attached hydrogens (tertiary/aromatic N) is 2. The van der Waals surface area contributed by atoms with Crippen LogP contribution in [0.1, 0.15) is 62.8 Å². The van der Waals surface area contributed by atoms with Gasteiger partial charge in [0, 0.05) is 58.4 Å². The number of fused-ring (bicyclic) bond motifs is 1. The molecule has 6 heteroatoms. The van der Waals surface area contributed by atoms with E-state index in [9.17, 15) is 9.59 Å². The van der Waals surface area contributed by atoms with Crippen LogP contribution in [0, 0.1) is 0 Å². The summed E-state index contributed by atoms with van der Waals surface area (Å²) in [5.74, 6) is 1.21. The first-order valence-electron chi connectivity index (χ1n) is 11.0. The van der Waals surface area contributed by atoms with Crippen LogP contribution in [0.25, 0.3) is 0 Å². The molecule has 0 bridgehead atoms. The van der Waals surface area contributed by atoms with Crippen LogP contribution >= 0.6 is 0 Å². The minimum Gasteiger partial charge on any atom is -0.487 e. The molecule has 1 N–H and O–H groups in total. The van der Waals surface area contributed by atoms with Crippen LogP contribution in [-0.4, -0.2) is 60.6 Å². The second-order valence-corrected chi connectivity index (χ2v) is 9.13. The number of hydrogen-bond acceptors (Lipinski definition) is 3. The van der Waals surface area contributed by atoms with E-state index in [0.29, 0.717) is 25.6 Å². The number of hydrogen-bond donors (Lipinski definition) is 1. The van der Waals surface area contributed by atoms with Gasteiger partial charge in [-0.15, -0.1) is 0 Å². The lowest BCUT2D eigenvalue weighted by molar-refractivity contribution is -0.129. The third-order valence-electron chi connectivity index (χ3n) is 6.87. The Bertz CT molecular complexity index is 749. The predicted molar refractivity (Wildman–Crippen MR) is 112 cm³/mol. The number of carbonyl (C=O) groups is 2. The Morgan fingerprint density at radius 2 is 1.86 bits per heavy atom. The minimum atomic E-state index is -0.282. The van der Waals surface area contributed by atoms with E-state index in [1.165, 1.54) is 12.8 Å². The van der Waals surface area contributed by atoms with Crippen molar-refractivity contribution in [2.24, 2.45) is 0 Å². The molecule has 1 aliphatic carbocycles. The van der Waals surface area contributed by atoms with Gasteiger partial charge in [0.15, 0.2) is 0 Å². The number of benzene rings is 1. The number of piperidine rings is 1. The number of amides is 3. The average molecular weight is 400 g/mol. The topological polar surface area (TPSA) is 61.9 Å². The molecule has 6 nitrogen and oxygen atoms in total. The van der Waals surface area contributed by atoms with Gasteiger partial charge in [0.1, 0.15) is 11.4 Å². The van der Waals surface area contributed by atoms with Crippen LogP contribution in [-0.2, 0) is 4.79 Å². The second kappa shape index (κ2) is 8.25. The smallest absolute Gasteiger partial charge is 0.317 e. The van der Waals surface area contributed by atoms with Crippen molar-refractivity contribution >= 4 is 11.9 Å². The highest BCUT2D eigenvalue weighted by atomic mass is 16.5. The van der Waals surface area contributed by atoms with E-state index in [1.807, 2.05) is 37.2 Å². The van der Waals surface area contributed by atoms with E-state index < -0.39 is 0 Å². The number of ether oxygens (including phenoxy) is 1. The molecular formula is C23H33N3O3. The van der Waals surface area contributed by atoms with E-state index >= 15 is 0 Å². The molecular weight excluding hydrogens is 366 g/mol. The average Bonchev–Trinajstić information content (AvgIpc) is 3.21. The molecule has 1 saturated carbocycles. The summed E-state index contributed by atoms with van der Waals surface area (Å²) in [7, 11) is 3.62. The molecule has 3 aliphatic rings. The van der Waals surface area contributed by atoms with Gasteiger partial charge in [0.05, 0.1) is 0 Å². The second-order valence-electron chi connectivity index (χ2n) is 9.13. The number of likely N-dealkylation sites (tertiary alicyclic amines) is 1. The maximum absolute atomic E-state index is 12.6. The molecule has 1 aromatic rings. The van der Waals surface area contributed by atoms with Crippen molar-refractivity contribution in [3.63, 3.8) is 0 Å². The Hall–Kier alpha value is -2.24. The van der Waals surface area contributed by atoms with Crippen molar-refractivity contribution in [3.05, 3.63) is 29.8 Å². The lowest BCUT2D eigenvalue weighted by Crippen LogP contribution is -2.54. The molecule has 3 amide bonds. The monoisotopic (exact) mass is 399 g/mol. The predicted octanol–water partition coefficient (Wildman–Crippen LogP) is 3.52. The summed E-state index contributed by atoms with van der Waals surface area (Å²) in [6.45, 7) is 1.41. The van der Waals surface area contributed by atoms with Crippen molar-refractivity contribution in [2.75, 3.05) is 27.2 Å². The maximum Gasteiger partial charge on any atom is 0.317 e. The fraction of sp³-hybridized carbons (Fsp3) is 0.652. The number of nitrogens with one attached hydrogen (secondary N) is 1. The van der Waals surface area contributed by atoms with Crippen molar-refractivity contribution in [3.8, 4) is 5.75 Å². The Balaban J connectivity index is 1.43. The lowest BCUT2D eigenvalue weighted by Gasteiger charge is -2.47. The molecule has 29 heavy (non-hydrogen) atoms. The van der Waals surface area contributed by atoms with Gasteiger partial charge in [-0.1, -0.05) is 31.0 Å². The van der Waals surface area contributed by atoms with Gasteiger partial charge in [-0.25, -0.2) is 4.79 Å². The summed E-state index contributed by atoms with van der Waals surface area (Å²) in [6.07, 6.45) is 7.60. The van der Waals surface area contributed by atoms with E-state index in [4.69, 9.17) is 4.74 Å². The van der Waals surface area contributed by atoms with Crippen LogP contribution in [0.2, 0.25) is 0 Å². The number of rotatable bonds is 3. The third-order valence-corrected chi connectivity index (χ3v) is 6.87. The first kappa shape index (κ1) is 20.0. The van der Waals surface area contributed by atoms with Gasteiger partial charge in [-0.2, -0.15) is 0 Å². The molecule has 158 valence electrons. The van der Waals surface area contributed by atoms with E-state index in [0.717, 1.165) is 43.4 Å². The maximum atomic E-state index is 12.6. The molecule has 2 fully saturated rings. The SMILES string of the molecule is CN(C)C(=O)C[C@H]1CC2(CCN(C(=O)NC3CCCC3)CC2)Oc2ccccc21. The Labute approximate surface area is 173 Å². The minimum absolute atomic E-state index is 0.0716. The Morgan fingerprint density at radius 3 is 2.55 bits per heavy atom. The first-order chi connectivity index (χ1) is 14.0. The summed E-state index contributed by atoms with van der Waals surface area (Å²) in [4.78, 5) is 28.7. The molecule has 4 rings (SSSR count). The summed E-state index contributed by atoms with van der Waals surface area (Å²) < 4.78 is 6.51. The van der Waals surface area contributed by atoms with Gasteiger partial charge in [-0.05, 0) is 30.9 Å². The van der Waals surface area contributed by atoms with E-state index in [1.54, 1.807) is 4.90 Å².